The second-order valence-corrected chi connectivity index (χ2v) is 7.36. The maximum absolute atomic E-state index is 13.8. The molecule has 0 spiro atoms. The van der Waals surface area contributed by atoms with E-state index >= 15 is 0 Å². The van der Waals surface area contributed by atoms with Crippen LogP contribution in [0.5, 0.6) is 0 Å². The highest BCUT2D eigenvalue weighted by molar-refractivity contribution is 9.10. The Kier molecular flexibility index (Phi) is 4.95. The lowest BCUT2D eigenvalue weighted by molar-refractivity contribution is 0.616. The van der Waals surface area contributed by atoms with Gasteiger partial charge in [-0.3, -0.25) is 0 Å². The standard InChI is InChI=1S/C15H13BrFN3S2/c1-2-20-14(13-4-3-7-21-13)18-19-15(20)22-9-10-8-11(16)5-6-12(10)17/h3-8H,2,9H2,1H3. The Morgan fingerprint density at radius 1 is 1.32 bits per heavy atom. The van der Waals surface area contributed by atoms with Crippen molar-refractivity contribution in [3.63, 3.8) is 0 Å². The van der Waals surface area contributed by atoms with E-state index in [1.54, 1.807) is 23.5 Å². The molecule has 7 heteroatoms. The lowest BCUT2D eigenvalue weighted by atomic mass is 10.2. The van der Waals surface area contributed by atoms with Crippen molar-refractivity contribution >= 4 is 39.0 Å². The molecule has 0 aliphatic rings. The third-order valence-corrected chi connectivity index (χ3v) is 5.51. The van der Waals surface area contributed by atoms with Gasteiger partial charge in [0.2, 0.25) is 0 Å². The van der Waals surface area contributed by atoms with Crippen molar-refractivity contribution in [2.24, 2.45) is 0 Å². The maximum atomic E-state index is 13.8. The first kappa shape index (κ1) is 15.7. The quantitative estimate of drug-likeness (QED) is 0.552. The number of thiophene rings is 1. The Balaban J connectivity index is 1.83. The monoisotopic (exact) mass is 397 g/mol. The summed E-state index contributed by atoms with van der Waals surface area (Å²) in [6.45, 7) is 2.84. The lowest BCUT2D eigenvalue weighted by Gasteiger charge is -2.07. The van der Waals surface area contributed by atoms with Crippen LogP contribution in [-0.4, -0.2) is 14.8 Å². The fourth-order valence-electron chi connectivity index (χ4n) is 2.06. The molecule has 0 atom stereocenters. The van der Waals surface area contributed by atoms with Crippen LogP contribution in [0.4, 0.5) is 4.39 Å². The Morgan fingerprint density at radius 2 is 2.18 bits per heavy atom. The van der Waals surface area contributed by atoms with Crippen LogP contribution in [0, 0.1) is 5.82 Å². The van der Waals surface area contributed by atoms with E-state index in [0.717, 1.165) is 26.9 Å². The fourth-order valence-corrected chi connectivity index (χ4v) is 4.17. The van der Waals surface area contributed by atoms with Crippen molar-refractivity contribution in [1.29, 1.82) is 0 Å². The van der Waals surface area contributed by atoms with Crippen molar-refractivity contribution in [2.75, 3.05) is 0 Å². The van der Waals surface area contributed by atoms with E-state index in [-0.39, 0.29) is 5.82 Å². The van der Waals surface area contributed by atoms with Crippen molar-refractivity contribution in [3.05, 3.63) is 51.6 Å². The normalized spacial score (nSPS) is 11.0. The average molecular weight is 398 g/mol. The van der Waals surface area contributed by atoms with Gasteiger partial charge in [0.25, 0.3) is 0 Å². The van der Waals surface area contributed by atoms with Crippen LogP contribution < -0.4 is 0 Å². The summed E-state index contributed by atoms with van der Waals surface area (Å²) in [6, 6.07) is 9.01. The summed E-state index contributed by atoms with van der Waals surface area (Å²) in [5, 5.41) is 11.4. The van der Waals surface area contributed by atoms with Gasteiger partial charge in [-0.25, -0.2) is 4.39 Å². The van der Waals surface area contributed by atoms with Gasteiger partial charge in [0.15, 0.2) is 11.0 Å². The van der Waals surface area contributed by atoms with Crippen LogP contribution in [0.2, 0.25) is 0 Å². The van der Waals surface area contributed by atoms with E-state index in [2.05, 4.69) is 37.6 Å². The van der Waals surface area contributed by atoms with Gasteiger partial charge in [0.1, 0.15) is 5.82 Å². The summed E-state index contributed by atoms with van der Waals surface area (Å²) in [6.07, 6.45) is 0. The Morgan fingerprint density at radius 3 is 2.91 bits per heavy atom. The third kappa shape index (κ3) is 3.26. The topological polar surface area (TPSA) is 30.7 Å². The second-order valence-electron chi connectivity index (χ2n) is 4.55. The minimum atomic E-state index is -0.197. The summed E-state index contributed by atoms with van der Waals surface area (Å²) in [5.74, 6) is 1.19. The number of thioether (sulfide) groups is 1. The highest BCUT2D eigenvalue weighted by Gasteiger charge is 2.14. The summed E-state index contributed by atoms with van der Waals surface area (Å²) in [5.41, 5.74) is 0.655. The molecule has 0 amide bonds. The smallest absolute Gasteiger partial charge is 0.191 e. The van der Waals surface area contributed by atoms with Gasteiger partial charge in [-0.05, 0) is 42.1 Å². The van der Waals surface area contributed by atoms with Crippen LogP contribution in [0.1, 0.15) is 12.5 Å². The molecule has 0 saturated carbocycles. The first-order chi connectivity index (χ1) is 10.7. The number of halogens is 2. The highest BCUT2D eigenvalue weighted by Crippen LogP contribution is 2.29. The molecule has 0 radical (unpaired) electrons. The van der Waals surface area contributed by atoms with Gasteiger partial charge >= 0.3 is 0 Å². The minimum Gasteiger partial charge on any atom is -0.302 e. The predicted octanol–water partition coefficient (Wildman–Crippen LogP) is 5.22. The zero-order valence-electron chi connectivity index (χ0n) is 11.8. The predicted molar refractivity (Wildman–Crippen MR) is 92.7 cm³/mol. The molecule has 2 heterocycles. The molecule has 2 aromatic heterocycles. The number of nitrogens with zero attached hydrogens (tertiary/aromatic N) is 3. The van der Waals surface area contributed by atoms with Gasteiger partial charge in [0, 0.05) is 16.8 Å². The van der Waals surface area contributed by atoms with Gasteiger partial charge in [-0.2, -0.15) is 0 Å². The van der Waals surface area contributed by atoms with Crippen LogP contribution in [0.15, 0.2) is 45.3 Å². The zero-order valence-corrected chi connectivity index (χ0v) is 15.0. The SMILES string of the molecule is CCn1c(SCc2cc(Br)ccc2F)nnc1-c1cccs1. The maximum Gasteiger partial charge on any atom is 0.191 e. The summed E-state index contributed by atoms with van der Waals surface area (Å²) < 4.78 is 16.7. The highest BCUT2D eigenvalue weighted by atomic mass is 79.9. The van der Waals surface area contributed by atoms with E-state index in [0.29, 0.717) is 11.3 Å². The Bertz CT molecular complexity index is 771. The molecule has 0 N–H and O–H groups in total. The van der Waals surface area contributed by atoms with E-state index in [9.17, 15) is 4.39 Å². The van der Waals surface area contributed by atoms with Crippen LogP contribution >= 0.6 is 39.0 Å². The van der Waals surface area contributed by atoms with E-state index < -0.39 is 0 Å². The van der Waals surface area contributed by atoms with Crippen molar-refractivity contribution in [1.82, 2.24) is 14.8 Å². The van der Waals surface area contributed by atoms with Gasteiger partial charge in [-0.15, -0.1) is 21.5 Å². The average Bonchev–Trinajstić information content (AvgIpc) is 3.16. The molecule has 0 aliphatic heterocycles. The molecule has 0 fully saturated rings. The molecule has 0 unspecified atom stereocenters. The first-order valence-electron chi connectivity index (χ1n) is 6.73. The molecule has 0 bridgehead atoms. The first-order valence-corrected chi connectivity index (χ1v) is 9.38. The number of rotatable bonds is 5. The second kappa shape index (κ2) is 6.93. The molecule has 1 aromatic carbocycles. The van der Waals surface area contributed by atoms with Crippen LogP contribution in [0.25, 0.3) is 10.7 Å². The summed E-state index contributed by atoms with van der Waals surface area (Å²) in [7, 11) is 0. The molecule has 114 valence electrons. The van der Waals surface area contributed by atoms with Crippen LogP contribution in [-0.2, 0) is 12.3 Å². The Labute approximate surface area is 144 Å². The summed E-state index contributed by atoms with van der Waals surface area (Å²) >= 11 is 6.51. The number of aromatic nitrogens is 3. The molecule has 3 aromatic rings. The largest absolute Gasteiger partial charge is 0.302 e. The molecule has 22 heavy (non-hydrogen) atoms. The molecule has 3 nitrogen and oxygen atoms in total. The molecule has 3 rings (SSSR count). The minimum absolute atomic E-state index is 0.197. The number of hydrogen-bond acceptors (Lipinski definition) is 4. The molecular weight excluding hydrogens is 385 g/mol. The van der Waals surface area contributed by atoms with Crippen LogP contribution in [0.3, 0.4) is 0 Å². The van der Waals surface area contributed by atoms with E-state index in [1.165, 1.54) is 17.8 Å². The number of hydrogen-bond donors (Lipinski definition) is 0. The molecule has 0 aliphatic carbocycles. The number of benzene rings is 1. The van der Waals surface area contributed by atoms with E-state index in [1.807, 2.05) is 17.5 Å². The molecular formula is C15H13BrFN3S2. The van der Waals surface area contributed by atoms with Crippen molar-refractivity contribution in [2.45, 2.75) is 24.4 Å². The van der Waals surface area contributed by atoms with Crippen molar-refractivity contribution in [3.8, 4) is 10.7 Å². The Hall–Kier alpha value is -1.18. The van der Waals surface area contributed by atoms with Gasteiger partial charge in [-0.1, -0.05) is 33.8 Å². The zero-order chi connectivity index (χ0) is 15.5. The summed E-state index contributed by atoms with van der Waals surface area (Å²) in [4.78, 5) is 1.09. The van der Waals surface area contributed by atoms with Gasteiger partial charge in [0.05, 0.1) is 4.88 Å². The van der Waals surface area contributed by atoms with Crippen molar-refractivity contribution < 1.29 is 4.39 Å². The molecule has 0 saturated heterocycles. The van der Waals surface area contributed by atoms with Gasteiger partial charge < -0.3 is 4.57 Å². The third-order valence-electron chi connectivity index (χ3n) is 3.14. The lowest BCUT2D eigenvalue weighted by Crippen LogP contribution is -1.99. The fraction of sp³-hybridized carbons (Fsp3) is 0.200. The van der Waals surface area contributed by atoms with E-state index in [4.69, 9.17) is 0 Å².